The minimum absolute atomic E-state index is 0.0899. The van der Waals surface area contributed by atoms with Crippen molar-refractivity contribution < 1.29 is 9.59 Å². The molecule has 4 nitrogen and oxygen atoms in total. The van der Waals surface area contributed by atoms with Gasteiger partial charge >= 0.3 is 0 Å². The normalized spacial score (nSPS) is 11.0. The molecule has 0 saturated heterocycles. The monoisotopic (exact) mass is 314 g/mol. The lowest BCUT2D eigenvalue weighted by Gasteiger charge is -2.05. The van der Waals surface area contributed by atoms with E-state index in [-0.39, 0.29) is 18.0 Å². The van der Waals surface area contributed by atoms with Gasteiger partial charge in [0.05, 0.1) is 17.8 Å². The molecule has 2 rings (SSSR count). The van der Waals surface area contributed by atoms with E-state index in [9.17, 15) is 9.59 Å². The summed E-state index contributed by atoms with van der Waals surface area (Å²) >= 11 is 0. The average Bonchev–Trinajstić information content (AvgIpc) is 3.16. The quantitative estimate of drug-likeness (QED) is 0.570. The lowest BCUT2D eigenvalue weighted by molar-refractivity contribution is 0.0888. The number of carbonyl (C=O) groups excluding carboxylic acids is 2. The summed E-state index contributed by atoms with van der Waals surface area (Å²) in [5.74, 6) is -0.248. The van der Waals surface area contributed by atoms with Gasteiger partial charge in [-0.1, -0.05) is 27.7 Å². The molecule has 4 heteroatoms. The highest BCUT2D eigenvalue weighted by molar-refractivity contribution is 6.13. The predicted molar refractivity (Wildman–Crippen MR) is 92.4 cm³/mol. The van der Waals surface area contributed by atoms with Crippen molar-refractivity contribution in [2.75, 3.05) is 0 Å². The van der Waals surface area contributed by atoms with Crippen LogP contribution in [-0.4, -0.2) is 21.5 Å². The number of H-pyrrole nitrogens is 2. The van der Waals surface area contributed by atoms with Crippen molar-refractivity contribution in [1.82, 2.24) is 9.97 Å². The SMILES string of the molecule is CCc1c[nH]c(C(=O)CC(=O)c2[nH]cc(CC)c2CC)c1CC. The fourth-order valence-electron chi connectivity index (χ4n) is 3.25. The molecule has 2 aromatic rings. The zero-order valence-electron chi connectivity index (χ0n) is 14.5. The molecule has 0 bridgehead atoms. The first-order valence-corrected chi connectivity index (χ1v) is 8.51. The second-order valence-electron chi connectivity index (χ2n) is 5.77. The van der Waals surface area contributed by atoms with Crippen molar-refractivity contribution in [3.05, 3.63) is 46.0 Å². The third-order valence-corrected chi connectivity index (χ3v) is 4.51. The zero-order chi connectivity index (χ0) is 17.0. The third kappa shape index (κ3) is 3.31. The Morgan fingerprint density at radius 1 is 0.739 bits per heavy atom. The fraction of sp³-hybridized carbons (Fsp3) is 0.474. The largest absolute Gasteiger partial charge is 0.358 e. The van der Waals surface area contributed by atoms with Crippen LogP contribution in [-0.2, 0) is 25.7 Å². The summed E-state index contributed by atoms with van der Waals surface area (Å²) < 4.78 is 0. The Morgan fingerprint density at radius 3 is 1.43 bits per heavy atom. The van der Waals surface area contributed by atoms with Gasteiger partial charge in [0.2, 0.25) is 0 Å². The molecule has 0 atom stereocenters. The standard InChI is InChI=1S/C19H26N2O2/c1-5-12-10-20-18(14(12)7-3)16(22)9-17(23)19-15(8-4)13(6-2)11-21-19/h10-11,20-21H,5-9H2,1-4H3. The molecule has 23 heavy (non-hydrogen) atoms. The lowest BCUT2D eigenvalue weighted by atomic mass is 9.98. The van der Waals surface area contributed by atoms with Crippen LogP contribution in [0.15, 0.2) is 12.4 Å². The molecule has 2 N–H and O–H groups in total. The van der Waals surface area contributed by atoms with E-state index in [0.29, 0.717) is 11.4 Å². The molecular formula is C19H26N2O2. The average molecular weight is 314 g/mol. The number of nitrogens with one attached hydrogen (secondary N) is 2. The summed E-state index contributed by atoms with van der Waals surface area (Å²) in [6.07, 6.45) is 7.05. The molecule has 0 saturated carbocycles. The van der Waals surface area contributed by atoms with Gasteiger partial charge in [-0.25, -0.2) is 0 Å². The molecule has 0 amide bonds. The Morgan fingerprint density at radius 2 is 1.13 bits per heavy atom. The minimum Gasteiger partial charge on any atom is -0.358 e. The van der Waals surface area contributed by atoms with Crippen LogP contribution in [0, 0.1) is 0 Å². The van der Waals surface area contributed by atoms with Crippen molar-refractivity contribution in [1.29, 1.82) is 0 Å². The highest BCUT2D eigenvalue weighted by atomic mass is 16.1. The number of aryl methyl sites for hydroxylation is 2. The number of aromatic amines is 2. The van der Waals surface area contributed by atoms with Crippen LogP contribution in [0.5, 0.6) is 0 Å². The van der Waals surface area contributed by atoms with Crippen LogP contribution < -0.4 is 0 Å². The Balaban J connectivity index is 2.22. The second kappa shape index (κ2) is 7.44. The molecule has 0 aliphatic heterocycles. The molecule has 2 aromatic heterocycles. The lowest BCUT2D eigenvalue weighted by Crippen LogP contribution is -2.12. The predicted octanol–water partition coefficient (Wildman–Crippen LogP) is 4.05. The second-order valence-corrected chi connectivity index (χ2v) is 5.77. The van der Waals surface area contributed by atoms with Crippen LogP contribution in [0.3, 0.4) is 0 Å². The van der Waals surface area contributed by atoms with E-state index >= 15 is 0 Å². The van der Waals surface area contributed by atoms with E-state index < -0.39 is 0 Å². The van der Waals surface area contributed by atoms with Gasteiger partial charge in [-0.05, 0) is 47.9 Å². The van der Waals surface area contributed by atoms with Gasteiger partial charge < -0.3 is 9.97 Å². The van der Waals surface area contributed by atoms with Gasteiger partial charge in [-0.15, -0.1) is 0 Å². The maximum absolute atomic E-state index is 12.5. The van der Waals surface area contributed by atoms with E-state index in [0.717, 1.165) is 47.9 Å². The summed E-state index contributed by atoms with van der Waals surface area (Å²) in [7, 11) is 0. The van der Waals surface area contributed by atoms with Crippen LogP contribution in [0.2, 0.25) is 0 Å². The Hall–Kier alpha value is -2.10. The van der Waals surface area contributed by atoms with E-state index in [1.165, 1.54) is 0 Å². The van der Waals surface area contributed by atoms with Crippen LogP contribution >= 0.6 is 0 Å². The van der Waals surface area contributed by atoms with Gasteiger partial charge in [0.15, 0.2) is 11.6 Å². The highest BCUT2D eigenvalue weighted by Gasteiger charge is 2.22. The van der Waals surface area contributed by atoms with E-state index in [1.54, 1.807) is 0 Å². The number of ketones is 2. The zero-order valence-corrected chi connectivity index (χ0v) is 14.5. The maximum atomic E-state index is 12.5. The Bertz CT molecular complexity index is 647. The number of carbonyl (C=O) groups is 2. The summed E-state index contributed by atoms with van der Waals surface area (Å²) in [5.41, 5.74) is 5.59. The molecule has 0 aliphatic rings. The Labute approximate surface area is 137 Å². The van der Waals surface area contributed by atoms with Crippen molar-refractivity contribution in [2.24, 2.45) is 0 Å². The van der Waals surface area contributed by atoms with E-state index in [4.69, 9.17) is 0 Å². The summed E-state index contributed by atoms with van der Waals surface area (Å²) in [6, 6.07) is 0. The van der Waals surface area contributed by atoms with Crippen molar-refractivity contribution in [3.63, 3.8) is 0 Å². The third-order valence-electron chi connectivity index (χ3n) is 4.51. The van der Waals surface area contributed by atoms with E-state index in [1.807, 2.05) is 26.2 Å². The number of rotatable bonds is 8. The van der Waals surface area contributed by atoms with Gasteiger partial charge in [0.1, 0.15) is 0 Å². The molecule has 0 fully saturated rings. The van der Waals surface area contributed by atoms with E-state index in [2.05, 4.69) is 23.8 Å². The highest BCUT2D eigenvalue weighted by Crippen LogP contribution is 2.21. The maximum Gasteiger partial charge on any atom is 0.187 e. The smallest absolute Gasteiger partial charge is 0.187 e. The molecule has 0 radical (unpaired) electrons. The first-order chi connectivity index (χ1) is 11.1. The molecule has 0 aliphatic carbocycles. The van der Waals surface area contributed by atoms with Crippen molar-refractivity contribution in [2.45, 2.75) is 59.8 Å². The first kappa shape index (κ1) is 17.3. The molecule has 124 valence electrons. The minimum atomic E-state index is -0.124. The number of hydrogen-bond donors (Lipinski definition) is 2. The number of aromatic nitrogens is 2. The van der Waals surface area contributed by atoms with Gasteiger partial charge in [-0.2, -0.15) is 0 Å². The summed E-state index contributed by atoms with van der Waals surface area (Å²) in [6.45, 7) is 8.21. The number of hydrogen-bond acceptors (Lipinski definition) is 2. The molecular weight excluding hydrogens is 288 g/mol. The Kier molecular flexibility index (Phi) is 5.59. The molecule has 0 unspecified atom stereocenters. The number of Topliss-reactive ketones (excluding diaryl/α,β-unsaturated/α-hetero) is 2. The molecule has 0 spiro atoms. The van der Waals surface area contributed by atoms with Crippen LogP contribution in [0.4, 0.5) is 0 Å². The summed E-state index contributed by atoms with van der Waals surface area (Å²) in [4.78, 5) is 31.2. The van der Waals surface area contributed by atoms with Crippen molar-refractivity contribution >= 4 is 11.6 Å². The first-order valence-electron chi connectivity index (χ1n) is 8.51. The molecule has 0 aromatic carbocycles. The molecule has 2 heterocycles. The fourth-order valence-corrected chi connectivity index (χ4v) is 3.25. The topological polar surface area (TPSA) is 65.7 Å². The van der Waals surface area contributed by atoms with Gasteiger partial charge in [0.25, 0.3) is 0 Å². The van der Waals surface area contributed by atoms with Crippen LogP contribution in [0.25, 0.3) is 0 Å². The van der Waals surface area contributed by atoms with Crippen LogP contribution in [0.1, 0.15) is 77.3 Å². The van der Waals surface area contributed by atoms with Gasteiger partial charge in [-0.3, -0.25) is 9.59 Å². The van der Waals surface area contributed by atoms with Gasteiger partial charge in [0, 0.05) is 12.4 Å². The van der Waals surface area contributed by atoms with Crippen molar-refractivity contribution in [3.8, 4) is 0 Å². The summed E-state index contributed by atoms with van der Waals surface area (Å²) in [5, 5.41) is 0.